The molecule has 0 aliphatic carbocycles. The normalized spacial score (nSPS) is 12.8. The summed E-state index contributed by atoms with van der Waals surface area (Å²) >= 11 is 0. The van der Waals surface area contributed by atoms with Crippen LogP contribution in [0.4, 0.5) is 0 Å². The number of benzene rings is 1. The van der Waals surface area contributed by atoms with Crippen molar-refractivity contribution in [3.63, 3.8) is 0 Å². The topological polar surface area (TPSA) is 23.5 Å². The van der Waals surface area contributed by atoms with Crippen molar-refractivity contribution in [2.24, 2.45) is 0 Å². The summed E-state index contributed by atoms with van der Waals surface area (Å²) in [5, 5.41) is 9.42. The molecule has 0 aliphatic rings. The van der Waals surface area contributed by atoms with Gasteiger partial charge in [-0.3, -0.25) is 4.90 Å². The monoisotopic (exact) mass is 263 g/mol. The quantitative estimate of drug-likeness (QED) is 0.695. The number of phenolic OH excluding ortho intramolecular Hbond substituents is 1. The highest BCUT2D eigenvalue weighted by molar-refractivity contribution is 5.28. The van der Waals surface area contributed by atoms with Gasteiger partial charge in [-0.25, -0.2) is 0 Å². The lowest BCUT2D eigenvalue weighted by Gasteiger charge is -2.31. The van der Waals surface area contributed by atoms with E-state index in [4.69, 9.17) is 0 Å². The highest BCUT2D eigenvalue weighted by Gasteiger charge is 2.17. The van der Waals surface area contributed by atoms with E-state index in [0.717, 1.165) is 6.42 Å². The zero-order valence-electron chi connectivity index (χ0n) is 12.7. The number of rotatable bonds is 9. The molecule has 2 heteroatoms. The number of nitrogens with zero attached hydrogens (tertiary/aromatic N) is 1. The summed E-state index contributed by atoms with van der Waals surface area (Å²) in [7, 11) is 0. The Hall–Kier alpha value is -1.02. The number of aromatic hydroxyl groups is 1. The summed E-state index contributed by atoms with van der Waals surface area (Å²) in [4.78, 5) is 2.61. The first kappa shape index (κ1) is 16.0. The molecule has 0 amide bonds. The number of hydrogen-bond acceptors (Lipinski definition) is 2. The Bertz CT molecular complexity index is 326. The largest absolute Gasteiger partial charge is 0.508 e. The van der Waals surface area contributed by atoms with E-state index in [-0.39, 0.29) is 0 Å². The average molecular weight is 263 g/mol. The molecule has 0 bridgehead atoms. The first-order valence-corrected chi connectivity index (χ1v) is 7.75. The third-order valence-electron chi connectivity index (χ3n) is 3.70. The Morgan fingerprint density at radius 1 is 0.947 bits per heavy atom. The van der Waals surface area contributed by atoms with Gasteiger partial charge in [0.05, 0.1) is 0 Å². The van der Waals surface area contributed by atoms with Crippen molar-refractivity contribution in [3.8, 4) is 5.75 Å². The lowest BCUT2D eigenvalue weighted by Crippen LogP contribution is -2.30. The van der Waals surface area contributed by atoms with E-state index in [1.807, 2.05) is 0 Å². The van der Waals surface area contributed by atoms with Crippen LogP contribution in [0.5, 0.6) is 5.75 Å². The molecular formula is C17H29NO. The molecule has 108 valence electrons. The fourth-order valence-corrected chi connectivity index (χ4v) is 2.55. The zero-order chi connectivity index (χ0) is 14.1. The average Bonchev–Trinajstić information content (AvgIpc) is 2.43. The molecule has 0 fully saturated rings. The summed E-state index contributed by atoms with van der Waals surface area (Å²) in [6, 6.07) is 8.22. The predicted molar refractivity (Wildman–Crippen MR) is 82.5 cm³/mol. The van der Waals surface area contributed by atoms with Gasteiger partial charge in [-0.1, -0.05) is 45.7 Å². The minimum atomic E-state index is 0.354. The minimum Gasteiger partial charge on any atom is -0.508 e. The summed E-state index contributed by atoms with van der Waals surface area (Å²) in [5.74, 6) is 0.354. The van der Waals surface area contributed by atoms with Gasteiger partial charge in [-0.05, 0) is 50.0 Å². The van der Waals surface area contributed by atoms with Crippen molar-refractivity contribution < 1.29 is 5.11 Å². The van der Waals surface area contributed by atoms with Crippen LogP contribution in [-0.2, 0) is 0 Å². The zero-order valence-corrected chi connectivity index (χ0v) is 12.7. The van der Waals surface area contributed by atoms with Crippen LogP contribution in [-0.4, -0.2) is 23.1 Å². The van der Waals surface area contributed by atoms with Crippen LogP contribution >= 0.6 is 0 Å². The molecule has 1 atom stereocenters. The van der Waals surface area contributed by atoms with Crippen LogP contribution in [0.3, 0.4) is 0 Å². The van der Waals surface area contributed by atoms with E-state index >= 15 is 0 Å². The second-order valence-electron chi connectivity index (χ2n) is 5.26. The van der Waals surface area contributed by atoms with E-state index in [1.165, 1.54) is 44.3 Å². The molecule has 0 spiro atoms. The van der Waals surface area contributed by atoms with Gasteiger partial charge in [0.1, 0.15) is 5.75 Å². The number of hydrogen-bond donors (Lipinski definition) is 1. The van der Waals surface area contributed by atoms with Crippen LogP contribution in [0, 0.1) is 0 Å². The van der Waals surface area contributed by atoms with Gasteiger partial charge in [0, 0.05) is 6.04 Å². The van der Waals surface area contributed by atoms with Gasteiger partial charge in [-0.2, -0.15) is 0 Å². The fraction of sp³-hybridized carbons (Fsp3) is 0.647. The van der Waals surface area contributed by atoms with Crippen molar-refractivity contribution in [2.45, 2.75) is 58.9 Å². The molecule has 1 rings (SSSR count). The lowest BCUT2D eigenvalue weighted by atomic mass is 10.0. The molecule has 0 saturated heterocycles. The standard InChI is InChI=1S/C17H29NO/c1-4-7-13-18(14-8-5-2)17(6-3)15-9-11-16(19)12-10-15/h9-12,17,19H,4-8,13-14H2,1-3H3. The maximum Gasteiger partial charge on any atom is 0.115 e. The van der Waals surface area contributed by atoms with Crippen LogP contribution in [0.2, 0.25) is 0 Å². The van der Waals surface area contributed by atoms with E-state index in [2.05, 4.69) is 37.8 Å². The maximum absolute atomic E-state index is 9.42. The molecule has 0 radical (unpaired) electrons. The summed E-state index contributed by atoms with van der Waals surface area (Å²) < 4.78 is 0. The third kappa shape index (κ3) is 5.23. The fourth-order valence-electron chi connectivity index (χ4n) is 2.55. The van der Waals surface area contributed by atoms with E-state index in [1.54, 1.807) is 12.1 Å². The lowest BCUT2D eigenvalue weighted by molar-refractivity contribution is 0.186. The van der Waals surface area contributed by atoms with Crippen molar-refractivity contribution in [1.82, 2.24) is 4.90 Å². The molecule has 1 N–H and O–H groups in total. The Balaban J connectivity index is 2.78. The molecule has 0 aliphatic heterocycles. The second kappa shape index (κ2) is 8.98. The van der Waals surface area contributed by atoms with Crippen LogP contribution in [0.25, 0.3) is 0 Å². The van der Waals surface area contributed by atoms with Gasteiger partial charge < -0.3 is 5.11 Å². The van der Waals surface area contributed by atoms with Crippen molar-refractivity contribution in [1.29, 1.82) is 0 Å². The van der Waals surface area contributed by atoms with E-state index in [9.17, 15) is 5.11 Å². The van der Waals surface area contributed by atoms with E-state index in [0.29, 0.717) is 11.8 Å². The first-order valence-electron chi connectivity index (χ1n) is 7.75. The predicted octanol–water partition coefficient (Wildman–Crippen LogP) is 4.75. The van der Waals surface area contributed by atoms with Crippen LogP contribution in [0.15, 0.2) is 24.3 Å². The third-order valence-corrected chi connectivity index (χ3v) is 3.70. The highest BCUT2D eigenvalue weighted by atomic mass is 16.3. The van der Waals surface area contributed by atoms with Crippen LogP contribution in [0.1, 0.15) is 64.5 Å². The first-order chi connectivity index (χ1) is 9.22. The van der Waals surface area contributed by atoms with Crippen molar-refractivity contribution in [2.75, 3.05) is 13.1 Å². The van der Waals surface area contributed by atoms with Gasteiger partial charge in [-0.15, -0.1) is 0 Å². The van der Waals surface area contributed by atoms with Crippen LogP contribution < -0.4 is 0 Å². The molecule has 1 aromatic carbocycles. The minimum absolute atomic E-state index is 0.354. The Labute approximate surface area is 118 Å². The molecular weight excluding hydrogens is 234 g/mol. The van der Waals surface area contributed by atoms with Gasteiger partial charge in [0.2, 0.25) is 0 Å². The summed E-state index contributed by atoms with van der Waals surface area (Å²) in [6.45, 7) is 9.10. The second-order valence-corrected chi connectivity index (χ2v) is 5.26. The Morgan fingerprint density at radius 3 is 1.89 bits per heavy atom. The van der Waals surface area contributed by atoms with Crippen molar-refractivity contribution >= 4 is 0 Å². The number of phenols is 1. The van der Waals surface area contributed by atoms with Gasteiger partial charge in [0.15, 0.2) is 0 Å². The maximum atomic E-state index is 9.42. The SMILES string of the molecule is CCCCN(CCCC)C(CC)c1ccc(O)cc1. The van der Waals surface area contributed by atoms with Gasteiger partial charge >= 0.3 is 0 Å². The molecule has 0 heterocycles. The summed E-state index contributed by atoms with van der Waals surface area (Å²) in [6.07, 6.45) is 6.14. The van der Waals surface area contributed by atoms with Crippen molar-refractivity contribution in [3.05, 3.63) is 29.8 Å². The van der Waals surface area contributed by atoms with E-state index < -0.39 is 0 Å². The molecule has 1 unspecified atom stereocenters. The highest BCUT2D eigenvalue weighted by Crippen LogP contribution is 2.26. The molecule has 19 heavy (non-hydrogen) atoms. The Morgan fingerprint density at radius 2 is 1.47 bits per heavy atom. The molecule has 0 saturated carbocycles. The molecule has 2 nitrogen and oxygen atoms in total. The molecule has 1 aromatic rings. The smallest absolute Gasteiger partial charge is 0.115 e. The Kier molecular flexibility index (Phi) is 7.57. The molecule has 0 aromatic heterocycles. The number of unbranched alkanes of at least 4 members (excludes halogenated alkanes) is 2. The van der Waals surface area contributed by atoms with Gasteiger partial charge in [0.25, 0.3) is 0 Å². The summed E-state index contributed by atoms with van der Waals surface area (Å²) in [5.41, 5.74) is 1.33.